The van der Waals surface area contributed by atoms with Crippen LogP contribution in [0.5, 0.6) is 0 Å². The van der Waals surface area contributed by atoms with Crippen LogP contribution in [0.15, 0.2) is 36.4 Å². The molecule has 1 heteroatoms. The Balaban J connectivity index is 0.000000980. The third-order valence-electron chi connectivity index (χ3n) is 2.21. The molecule has 0 amide bonds. The number of hydrogen-bond acceptors (Lipinski definition) is 1. The summed E-state index contributed by atoms with van der Waals surface area (Å²) in [4.78, 5) is 4.57. The molecule has 1 nitrogen and oxygen atoms in total. The van der Waals surface area contributed by atoms with Crippen molar-refractivity contribution in [3.8, 4) is 0 Å². The first-order valence-corrected chi connectivity index (χ1v) is 4.63. The maximum Gasteiger partial charge on any atom is 0.0705 e. The lowest BCUT2D eigenvalue weighted by Gasteiger charge is -2.04. The third-order valence-corrected chi connectivity index (χ3v) is 2.21. The van der Waals surface area contributed by atoms with Crippen LogP contribution < -0.4 is 0 Å². The summed E-state index contributed by atoms with van der Waals surface area (Å²) in [7, 11) is 0. The second-order valence-corrected chi connectivity index (χ2v) is 3.58. The van der Waals surface area contributed by atoms with E-state index in [1.54, 1.807) is 0 Å². The first-order valence-electron chi connectivity index (χ1n) is 4.63. The number of fused-ring (bicyclic) bond motifs is 1. The van der Waals surface area contributed by atoms with Crippen LogP contribution in [-0.2, 0) is 0 Å². The second-order valence-electron chi connectivity index (χ2n) is 3.58. The van der Waals surface area contributed by atoms with Crippen LogP contribution >= 0.6 is 0 Å². The highest BCUT2D eigenvalue weighted by molar-refractivity contribution is 5.78. The topological polar surface area (TPSA) is 12.9 Å². The Morgan fingerprint density at radius 3 is 2.43 bits per heavy atom. The normalized spacial score (nSPS) is 10.2. The Kier molecular flexibility index (Phi) is 3.23. The maximum absolute atomic E-state index is 4.57. The van der Waals surface area contributed by atoms with E-state index in [0.717, 1.165) is 5.52 Å². The molecule has 2 rings (SSSR count). The monoisotopic (exact) mass is 187 g/mol. The molecule has 0 aliphatic heterocycles. The predicted octanol–water partition coefficient (Wildman–Crippen LogP) is 3.99. The van der Waals surface area contributed by atoms with Gasteiger partial charge in [-0.2, -0.15) is 0 Å². The number of benzene rings is 1. The molecule has 0 aliphatic rings. The van der Waals surface area contributed by atoms with Gasteiger partial charge in [-0.1, -0.05) is 45.5 Å². The van der Waals surface area contributed by atoms with Crippen molar-refractivity contribution in [1.82, 2.24) is 4.98 Å². The van der Waals surface area contributed by atoms with E-state index in [4.69, 9.17) is 0 Å². The van der Waals surface area contributed by atoms with Gasteiger partial charge in [0.1, 0.15) is 0 Å². The van der Waals surface area contributed by atoms with Gasteiger partial charge in [0.25, 0.3) is 0 Å². The Morgan fingerprint density at radius 1 is 1.00 bits per heavy atom. The molecule has 74 valence electrons. The largest absolute Gasteiger partial charge is 0.253 e. The molecule has 0 bridgehead atoms. The van der Waals surface area contributed by atoms with Gasteiger partial charge >= 0.3 is 0 Å². The van der Waals surface area contributed by atoms with Crippen LogP contribution in [0.4, 0.5) is 0 Å². The molecule has 2 aromatic rings. The van der Waals surface area contributed by atoms with Crippen molar-refractivity contribution >= 4 is 10.9 Å². The molecule has 0 fully saturated rings. The molecule has 0 unspecified atom stereocenters. The van der Waals surface area contributed by atoms with Gasteiger partial charge in [-0.25, -0.2) is 0 Å². The number of rotatable bonds is 1. The Hall–Kier alpha value is -1.37. The van der Waals surface area contributed by atoms with E-state index in [2.05, 4.69) is 43.1 Å². The molecule has 1 heterocycles. The third kappa shape index (κ3) is 1.92. The summed E-state index contributed by atoms with van der Waals surface area (Å²) in [5.74, 6) is 0.504. The lowest BCUT2D eigenvalue weighted by Crippen LogP contribution is -1.91. The van der Waals surface area contributed by atoms with Crippen molar-refractivity contribution in [2.45, 2.75) is 27.2 Å². The molecule has 1 aromatic heterocycles. The van der Waals surface area contributed by atoms with Gasteiger partial charge in [0.15, 0.2) is 0 Å². The molecule has 1 aromatic carbocycles. The summed E-state index contributed by atoms with van der Waals surface area (Å²) in [5.41, 5.74) is 2.26. The lowest BCUT2D eigenvalue weighted by molar-refractivity contribution is 0.830. The summed E-state index contributed by atoms with van der Waals surface area (Å²) >= 11 is 0. The van der Waals surface area contributed by atoms with Gasteiger partial charge in [-0.05, 0) is 18.1 Å². The van der Waals surface area contributed by atoms with Gasteiger partial charge in [-0.15, -0.1) is 0 Å². The minimum Gasteiger partial charge on any atom is -0.253 e. The van der Waals surface area contributed by atoms with Crippen molar-refractivity contribution in [2.75, 3.05) is 0 Å². The highest BCUT2D eigenvalue weighted by atomic mass is 14.7. The van der Waals surface area contributed by atoms with Crippen LogP contribution in [0.25, 0.3) is 10.9 Å². The first kappa shape index (κ1) is 10.7. The number of hydrogen-bond donors (Lipinski definition) is 0. The summed E-state index contributed by atoms with van der Waals surface area (Å²) in [5, 5.41) is 1.21. The van der Waals surface area contributed by atoms with E-state index < -0.39 is 0 Å². The van der Waals surface area contributed by atoms with Crippen molar-refractivity contribution in [3.63, 3.8) is 0 Å². The smallest absolute Gasteiger partial charge is 0.0705 e. The summed E-state index contributed by atoms with van der Waals surface area (Å²) in [6.07, 6.45) is 0. The van der Waals surface area contributed by atoms with Crippen molar-refractivity contribution in [2.24, 2.45) is 0 Å². The SMILES string of the molecule is C.CC(C)c1ccc2ccccc2n1. The fraction of sp³-hybridized carbons (Fsp3) is 0.308. The van der Waals surface area contributed by atoms with Gasteiger partial charge < -0.3 is 0 Å². The number of nitrogens with zero attached hydrogens (tertiary/aromatic N) is 1. The zero-order chi connectivity index (χ0) is 9.26. The van der Waals surface area contributed by atoms with E-state index in [1.165, 1.54) is 11.1 Å². The van der Waals surface area contributed by atoms with Crippen LogP contribution in [0, 0.1) is 0 Å². The summed E-state index contributed by atoms with van der Waals surface area (Å²) < 4.78 is 0. The van der Waals surface area contributed by atoms with Gasteiger partial charge in [-0.3, -0.25) is 4.98 Å². The molecule has 14 heavy (non-hydrogen) atoms. The fourth-order valence-corrected chi connectivity index (χ4v) is 1.40. The Bertz CT molecular complexity index is 418. The molecule has 0 saturated carbocycles. The van der Waals surface area contributed by atoms with Crippen LogP contribution in [-0.4, -0.2) is 4.98 Å². The van der Waals surface area contributed by atoms with Gasteiger partial charge in [0.2, 0.25) is 0 Å². The Labute approximate surface area is 85.8 Å². The van der Waals surface area contributed by atoms with Crippen LogP contribution in [0.3, 0.4) is 0 Å². The molecular formula is C13H17N. The zero-order valence-electron chi connectivity index (χ0n) is 7.99. The van der Waals surface area contributed by atoms with Crippen molar-refractivity contribution < 1.29 is 0 Å². The zero-order valence-corrected chi connectivity index (χ0v) is 7.99. The molecule has 0 aliphatic carbocycles. The van der Waals surface area contributed by atoms with E-state index in [-0.39, 0.29) is 7.43 Å². The van der Waals surface area contributed by atoms with E-state index in [9.17, 15) is 0 Å². The minimum atomic E-state index is 0. The second kappa shape index (κ2) is 4.23. The van der Waals surface area contributed by atoms with Crippen molar-refractivity contribution in [3.05, 3.63) is 42.1 Å². The first-order chi connectivity index (χ1) is 6.27. The van der Waals surface area contributed by atoms with Crippen LogP contribution in [0.1, 0.15) is 32.9 Å². The Morgan fingerprint density at radius 2 is 1.71 bits per heavy atom. The molecule has 0 atom stereocenters. The number of pyridine rings is 1. The molecule has 0 N–H and O–H groups in total. The highest BCUT2D eigenvalue weighted by Gasteiger charge is 2.00. The average Bonchev–Trinajstić information content (AvgIpc) is 2.17. The van der Waals surface area contributed by atoms with E-state index >= 15 is 0 Å². The quantitative estimate of drug-likeness (QED) is 0.657. The van der Waals surface area contributed by atoms with Gasteiger partial charge in [0, 0.05) is 11.1 Å². The van der Waals surface area contributed by atoms with Crippen LogP contribution in [0.2, 0.25) is 0 Å². The molecule has 0 saturated heterocycles. The lowest BCUT2D eigenvalue weighted by atomic mass is 10.1. The standard InChI is InChI=1S/C12H13N.CH4/c1-9(2)11-8-7-10-5-3-4-6-12(10)13-11;/h3-9H,1-2H3;1H4. The van der Waals surface area contributed by atoms with Crippen molar-refractivity contribution in [1.29, 1.82) is 0 Å². The van der Waals surface area contributed by atoms with E-state index in [0.29, 0.717) is 5.92 Å². The molecule has 0 spiro atoms. The van der Waals surface area contributed by atoms with Gasteiger partial charge in [0.05, 0.1) is 5.52 Å². The summed E-state index contributed by atoms with van der Waals surface area (Å²) in [6.45, 7) is 4.33. The average molecular weight is 187 g/mol. The highest BCUT2D eigenvalue weighted by Crippen LogP contribution is 2.16. The number of para-hydroxylation sites is 1. The fourth-order valence-electron chi connectivity index (χ4n) is 1.40. The summed E-state index contributed by atoms with van der Waals surface area (Å²) in [6, 6.07) is 12.5. The predicted molar refractivity (Wildman–Crippen MR) is 62.6 cm³/mol. The van der Waals surface area contributed by atoms with E-state index in [1.807, 2.05) is 12.1 Å². The molecular weight excluding hydrogens is 170 g/mol. The molecule has 0 radical (unpaired) electrons. The minimum absolute atomic E-state index is 0. The number of aromatic nitrogens is 1. The maximum atomic E-state index is 4.57.